The Bertz CT molecular complexity index is 476. The topological polar surface area (TPSA) is 80.3 Å². The fourth-order valence-corrected chi connectivity index (χ4v) is 2.63. The average Bonchev–Trinajstić information content (AvgIpc) is 2.71. The van der Waals surface area contributed by atoms with E-state index in [2.05, 4.69) is 9.98 Å². The molecule has 0 amide bonds. The fraction of sp³-hybridized carbons (Fsp3) is 0.556. The number of hydrogen-bond donors (Lipinski definition) is 0. The minimum atomic E-state index is -0.566. The molecule has 1 atom stereocenters. The zero-order valence-electron chi connectivity index (χ0n) is 9.79. The predicted molar refractivity (Wildman–Crippen MR) is 70.4 cm³/mol. The molecule has 0 aliphatic carbocycles. The van der Waals surface area contributed by atoms with Crippen molar-refractivity contribution in [3.63, 3.8) is 0 Å². The Hall–Kier alpha value is -1.12. The third-order valence-electron chi connectivity index (χ3n) is 2.44. The first-order valence-corrected chi connectivity index (χ1v) is 6.83. The number of hydrogen-bond acceptors (Lipinski definition) is 7. The van der Waals surface area contributed by atoms with Crippen LogP contribution in [0.4, 0.5) is 0 Å². The lowest BCUT2D eigenvalue weighted by atomic mass is 10.3. The quantitative estimate of drug-likeness (QED) is 0.447. The second-order valence-electron chi connectivity index (χ2n) is 3.44. The van der Waals surface area contributed by atoms with Crippen molar-refractivity contribution in [2.75, 3.05) is 19.4 Å². The van der Waals surface area contributed by atoms with Crippen molar-refractivity contribution < 1.29 is 9.66 Å². The molecule has 0 saturated carbocycles. The Balaban J connectivity index is 2.43. The van der Waals surface area contributed by atoms with Gasteiger partial charge in [-0.05, 0) is 13.2 Å². The van der Waals surface area contributed by atoms with E-state index in [1.165, 1.54) is 11.8 Å². The lowest BCUT2D eigenvalue weighted by Gasteiger charge is -2.28. The van der Waals surface area contributed by atoms with E-state index in [0.29, 0.717) is 18.3 Å². The van der Waals surface area contributed by atoms with E-state index >= 15 is 0 Å². The van der Waals surface area contributed by atoms with Crippen LogP contribution in [0.5, 0.6) is 0 Å². The number of amidine groups is 2. The molecule has 0 bridgehead atoms. The number of nitro groups is 1. The first-order valence-electron chi connectivity index (χ1n) is 5.22. The van der Waals surface area contributed by atoms with Crippen LogP contribution in [0.25, 0.3) is 0 Å². The average molecular weight is 291 g/mol. The highest BCUT2D eigenvalue weighted by Crippen LogP contribution is 2.30. The summed E-state index contributed by atoms with van der Waals surface area (Å²) in [6.45, 7) is 2.69. The van der Waals surface area contributed by atoms with Gasteiger partial charge in [-0.1, -0.05) is 23.4 Å². The maximum atomic E-state index is 11.0. The van der Waals surface area contributed by atoms with Gasteiger partial charge in [-0.3, -0.25) is 20.0 Å². The lowest BCUT2D eigenvalue weighted by Crippen LogP contribution is -2.45. The van der Waals surface area contributed by atoms with Gasteiger partial charge in [0.2, 0.25) is 11.0 Å². The highest BCUT2D eigenvalue weighted by atomic mass is 35.5. The molecule has 2 heterocycles. The monoisotopic (exact) mass is 290 g/mol. The van der Waals surface area contributed by atoms with Crippen LogP contribution in [-0.2, 0) is 4.74 Å². The molecule has 18 heavy (non-hydrogen) atoms. The standard InChI is InChI=1S/C9H11ClN4O3S/c1-3-17-5-4-11-8-6(14(15)16)7(10)12-9(18-2)13(5)8/h5H,3-4H2,1-2H3. The van der Waals surface area contributed by atoms with Gasteiger partial charge in [0.25, 0.3) is 0 Å². The predicted octanol–water partition coefficient (Wildman–Crippen LogP) is 1.48. The van der Waals surface area contributed by atoms with Crippen LogP contribution < -0.4 is 0 Å². The van der Waals surface area contributed by atoms with Gasteiger partial charge in [0.1, 0.15) is 0 Å². The summed E-state index contributed by atoms with van der Waals surface area (Å²) in [5.41, 5.74) is -0.267. The van der Waals surface area contributed by atoms with Gasteiger partial charge in [0.05, 0.1) is 11.5 Å². The minimum Gasteiger partial charge on any atom is -0.356 e. The summed E-state index contributed by atoms with van der Waals surface area (Å²) < 4.78 is 5.50. The molecule has 0 aromatic rings. The fourth-order valence-electron chi connectivity index (χ4n) is 1.77. The molecule has 7 nitrogen and oxygen atoms in total. The third-order valence-corrected chi connectivity index (χ3v) is 3.36. The summed E-state index contributed by atoms with van der Waals surface area (Å²) in [5, 5.41) is 11.4. The molecule has 0 radical (unpaired) electrons. The lowest BCUT2D eigenvalue weighted by molar-refractivity contribution is -0.416. The Labute approximate surface area is 113 Å². The molecule has 0 N–H and O–H groups in total. The summed E-state index contributed by atoms with van der Waals surface area (Å²) in [6.07, 6.45) is 1.47. The number of rotatable bonds is 3. The van der Waals surface area contributed by atoms with Gasteiger partial charge in [-0.25, -0.2) is 4.99 Å². The number of ether oxygens (including phenoxy) is 1. The Kier molecular flexibility index (Phi) is 3.88. The Morgan fingerprint density at radius 2 is 2.44 bits per heavy atom. The van der Waals surface area contributed by atoms with E-state index in [0.717, 1.165) is 0 Å². The summed E-state index contributed by atoms with van der Waals surface area (Å²) >= 11 is 7.17. The smallest absolute Gasteiger partial charge is 0.348 e. The maximum absolute atomic E-state index is 11.0. The Morgan fingerprint density at radius 3 is 3.00 bits per heavy atom. The molecule has 1 unspecified atom stereocenters. The number of fused-ring (bicyclic) bond motifs is 1. The first-order chi connectivity index (χ1) is 8.60. The molecule has 2 aliphatic heterocycles. The van der Waals surface area contributed by atoms with Crippen molar-refractivity contribution in [2.24, 2.45) is 9.98 Å². The SMILES string of the molecule is CCOC1CN=C2C([N+](=O)[O-])=C(Cl)N=C(SC)N21. The van der Waals surface area contributed by atoms with Crippen molar-refractivity contribution in [1.29, 1.82) is 0 Å². The molecule has 2 rings (SSSR count). The highest BCUT2D eigenvalue weighted by Gasteiger charge is 2.43. The zero-order valence-corrected chi connectivity index (χ0v) is 11.4. The van der Waals surface area contributed by atoms with Gasteiger partial charge in [-0.15, -0.1) is 0 Å². The number of halogens is 1. The van der Waals surface area contributed by atoms with Crippen molar-refractivity contribution in [1.82, 2.24) is 4.90 Å². The molecule has 2 aliphatic rings. The summed E-state index contributed by atoms with van der Waals surface area (Å²) in [7, 11) is 0. The summed E-state index contributed by atoms with van der Waals surface area (Å²) in [4.78, 5) is 20.2. The Morgan fingerprint density at radius 1 is 1.72 bits per heavy atom. The van der Waals surface area contributed by atoms with E-state index in [1.807, 2.05) is 13.2 Å². The molecule has 9 heteroatoms. The normalized spacial score (nSPS) is 22.8. The second kappa shape index (κ2) is 5.25. The summed E-state index contributed by atoms with van der Waals surface area (Å²) in [6, 6.07) is 0. The number of nitrogens with zero attached hydrogens (tertiary/aromatic N) is 4. The minimum absolute atomic E-state index is 0.142. The van der Waals surface area contributed by atoms with Crippen LogP contribution >= 0.6 is 23.4 Å². The number of aliphatic imine (C=N–C) groups is 2. The summed E-state index contributed by atoms with van der Waals surface area (Å²) in [5.74, 6) is 0.225. The van der Waals surface area contributed by atoms with E-state index < -0.39 is 4.92 Å². The molecular weight excluding hydrogens is 280 g/mol. The van der Waals surface area contributed by atoms with Gasteiger partial charge in [0.15, 0.2) is 11.4 Å². The molecule has 0 spiro atoms. The second-order valence-corrected chi connectivity index (χ2v) is 4.57. The van der Waals surface area contributed by atoms with Crippen molar-refractivity contribution in [3.8, 4) is 0 Å². The molecule has 0 fully saturated rings. The van der Waals surface area contributed by atoms with Gasteiger partial charge < -0.3 is 4.74 Å². The van der Waals surface area contributed by atoms with Crippen molar-refractivity contribution in [2.45, 2.75) is 13.2 Å². The number of thioether (sulfide) groups is 1. The van der Waals surface area contributed by atoms with Gasteiger partial charge >= 0.3 is 5.70 Å². The molecule has 98 valence electrons. The van der Waals surface area contributed by atoms with Gasteiger partial charge in [-0.2, -0.15) is 0 Å². The largest absolute Gasteiger partial charge is 0.356 e. The van der Waals surface area contributed by atoms with Crippen LogP contribution in [0.2, 0.25) is 0 Å². The van der Waals surface area contributed by atoms with Crippen LogP contribution in [0.3, 0.4) is 0 Å². The third kappa shape index (κ3) is 2.11. The first kappa shape index (κ1) is 13.3. The van der Waals surface area contributed by atoms with E-state index in [-0.39, 0.29) is 22.9 Å². The highest BCUT2D eigenvalue weighted by molar-refractivity contribution is 8.13. The molecular formula is C9H11ClN4O3S. The van der Waals surface area contributed by atoms with E-state index in [9.17, 15) is 10.1 Å². The van der Waals surface area contributed by atoms with Crippen LogP contribution in [0.15, 0.2) is 20.8 Å². The molecule has 0 saturated heterocycles. The van der Waals surface area contributed by atoms with Gasteiger partial charge in [0, 0.05) is 6.61 Å². The van der Waals surface area contributed by atoms with Crippen molar-refractivity contribution >= 4 is 34.4 Å². The van der Waals surface area contributed by atoms with E-state index in [1.54, 1.807) is 4.90 Å². The molecule has 0 aromatic heterocycles. The maximum Gasteiger partial charge on any atom is 0.348 e. The van der Waals surface area contributed by atoms with Crippen LogP contribution in [0, 0.1) is 10.1 Å². The van der Waals surface area contributed by atoms with Crippen LogP contribution in [0.1, 0.15) is 6.92 Å². The van der Waals surface area contributed by atoms with Crippen molar-refractivity contribution in [3.05, 3.63) is 21.0 Å². The molecule has 0 aromatic carbocycles. The van der Waals surface area contributed by atoms with Crippen LogP contribution in [-0.4, -0.2) is 46.5 Å². The van der Waals surface area contributed by atoms with E-state index in [4.69, 9.17) is 16.3 Å². The zero-order chi connectivity index (χ0) is 13.3.